The van der Waals surface area contributed by atoms with E-state index < -0.39 is 0 Å². The second-order valence-corrected chi connectivity index (χ2v) is 15.4. The molecule has 0 spiro atoms. The zero-order chi connectivity index (χ0) is 32.7. The average Bonchev–Trinajstić information content (AvgIpc) is 3.65. The Hall–Kier alpha value is -5.36. The third kappa shape index (κ3) is 3.63. The van der Waals surface area contributed by atoms with Gasteiger partial charge in [-0.2, -0.15) is 0 Å². The van der Waals surface area contributed by atoms with Crippen LogP contribution in [0.25, 0.3) is 21.9 Å². The summed E-state index contributed by atoms with van der Waals surface area (Å²) in [4.78, 5) is 4.68. The lowest BCUT2D eigenvalue weighted by Crippen LogP contribution is -2.60. The lowest BCUT2D eigenvalue weighted by Gasteiger charge is -2.43. The first-order chi connectivity index (χ1) is 23.1. The van der Waals surface area contributed by atoms with Gasteiger partial charge in [0, 0.05) is 27.6 Å². The summed E-state index contributed by atoms with van der Waals surface area (Å²) in [7, 11) is 0. The number of rotatable bonds is 1. The van der Waals surface area contributed by atoms with Crippen molar-refractivity contribution in [1.82, 2.24) is 0 Å². The number of benzene rings is 5. The Balaban J connectivity index is 1.31. The molecule has 5 aromatic carbocycles. The first-order valence-corrected chi connectivity index (χ1v) is 16.8. The molecule has 0 saturated carbocycles. The van der Waals surface area contributed by atoms with Gasteiger partial charge in [0.2, 0.25) is 5.88 Å². The molecule has 0 unspecified atom stereocenters. The van der Waals surface area contributed by atoms with E-state index in [0.29, 0.717) is 0 Å². The van der Waals surface area contributed by atoms with Crippen LogP contribution in [0.15, 0.2) is 112 Å². The molecule has 0 amide bonds. The van der Waals surface area contributed by atoms with Crippen molar-refractivity contribution in [2.75, 3.05) is 9.80 Å². The van der Waals surface area contributed by atoms with Crippen molar-refractivity contribution in [3.8, 4) is 11.5 Å². The zero-order valence-corrected chi connectivity index (χ0v) is 28.0. The maximum Gasteiger partial charge on any atom is 0.302 e. The maximum atomic E-state index is 6.95. The highest BCUT2D eigenvalue weighted by atomic mass is 16.5. The van der Waals surface area contributed by atoms with Crippen LogP contribution in [0, 0.1) is 0 Å². The van der Waals surface area contributed by atoms with Crippen LogP contribution < -0.4 is 31.1 Å². The van der Waals surface area contributed by atoms with E-state index in [4.69, 9.17) is 13.6 Å². The molecule has 5 nitrogen and oxygen atoms in total. The van der Waals surface area contributed by atoms with Gasteiger partial charge in [-0.3, -0.25) is 4.90 Å². The van der Waals surface area contributed by atoms with E-state index in [-0.39, 0.29) is 17.5 Å². The molecule has 0 radical (unpaired) electrons. The van der Waals surface area contributed by atoms with E-state index in [1.165, 1.54) is 11.1 Å². The Labute approximate surface area is 280 Å². The molecule has 48 heavy (non-hydrogen) atoms. The van der Waals surface area contributed by atoms with E-state index in [1.807, 2.05) is 12.1 Å². The van der Waals surface area contributed by atoms with Gasteiger partial charge in [-0.1, -0.05) is 90.1 Å². The summed E-state index contributed by atoms with van der Waals surface area (Å²) in [5, 5.41) is 2.18. The molecule has 234 valence electrons. The lowest BCUT2D eigenvalue weighted by atomic mass is 9.35. The van der Waals surface area contributed by atoms with Gasteiger partial charge in [0.05, 0.1) is 22.7 Å². The molecule has 0 saturated heterocycles. The van der Waals surface area contributed by atoms with E-state index in [9.17, 15) is 0 Å². The summed E-state index contributed by atoms with van der Waals surface area (Å²) >= 11 is 0. The summed E-state index contributed by atoms with van der Waals surface area (Å²) in [5.41, 5.74) is 12.7. The largest absolute Gasteiger partial charge is 0.468 e. The number of hydrogen-bond acceptors (Lipinski definition) is 5. The van der Waals surface area contributed by atoms with Gasteiger partial charge in [0.1, 0.15) is 11.2 Å². The molecule has 0 aliphatic carbocycles. The van der Waals surface area contributed by atoms with Gasteiger partial charge in [-0.15, -0.1) is 0 Å². The molecule has 0 bridgehead atoms. The maximum absolute atomic E-state index is 6.95. The summed E-state index contributed by atoms with van der Waals surface area (Å²) in [6.45, 7) is 13.3. The van der Waals surface area contributed by atoms with Crippen LogP contribution in [0.5, 0.6) is 11.5 Å². The Bertz CT molecular complexity index is 2470. The lowest BCUT2D eigenvalue weighted by molar-refractivity contribution is 0.470. The molecule has 0 fully saturated rings. The second kappa shape index (κ2) is 9.16. The molecule has 3 aliphatic rings. The van der Waals surface area contributed by atoms with Crippen LogP contribution in [0.2, 0.25) is 0 Å². The number of ether oxygens (including phenoxy) is 1. The highest BCUT2D eigenvalue weighted by Crippen LogP contribution is 2.56. The van der Waals surface area contributed by atoms with Gasteiger partial charge in [-0.05, 0) is 82.0 Å². The Morgan fingerprint density at radius 1 is 0.542 bits per heavy atom. The number of anilines is 6. The van der Waals surface area contributed by atoms with Gasteiger partial charge in [0.15, 0.2) is 11.5 Å². The number of furan rings is 2. The molecule has 2 aromatic heterocycles. The fraction of sp³-hybridized carbons (Fsp3) is 0.190. The standard InChI is InChI=1S/C42H35BN2O3/c1-41(2,3)24-15-18-26(19-16-24)44-30-21-22-33-38-36(30)43(39-37(44)28-12-8-10-14-32(28)47-39)35-27-11-7-9-13-31(27)48-40(35)45(38)29-20-17-25(42(4,5)6)23-34(29)46-33/h7-23H,1-6H3. The molecule has 7 aromatic rings. The number of fused-ring (bicyclic) bond motifs is 11. The minimum Gasteiger partial charge on any atom is -0.468 e. The smallest absolute Gasteiger partial charge is 0.302 e. The molecule has 0 N–H and O–H groups in total. The average molecular weight is 627 g/mol. The highest BCUT2D eigenvalue weighted by molar-refractivity contribution is 7.01. The van der Waals surface area contributed by atoms with Gasteiger partial charge >= 0.3 is 6.71 Å². The van der Waals surface area contributed by atoms with Crippen LogP contribution in [0.4, 0.5) is 34.3 Å². The van der Waals surface area contributed by atoms with E-state index in [1.54, 1.807) is 0 Å². The summed E-state index contributed by atoms with van der Waals surface area (Å²) < 4.78 is 20.6. The predicted octanol–water partition coefficient (Wildman–Crippen LogP) is 9.96. The molecule has 6 heteroatoms. The first-order valence-electron chi connectivity index (χ1n) is 16.8. The topological polar surface area (TPSA) is 42.0 Å². The monoisotopic (exact) mass is 626 g/mol. The van der Waals surface area contributed by atoms with Crippen molar-refractivity contribution in [3.05, 3.63) is 114 Å². The fourth-order valence-corrected chi connectivity index (χ4v) is 7.95. The Morgan fingerprint density at radius 3 is 1.92 bits per heavy atom. The van der Waals surface area contributed by atoms with Crippen LogP contribution in [0.1, 0.15) is 52.7 Å². The van der Waals surface area contributed by atoms with Crippen molar-refractivity contribution in [1.29, 1.82) is 0 Å². The number of hydrogen-bond donors (Lipinski definition) is 0. The number of para-hydroxylation sites is 2. The molecule has 10 rings (SSSR count). The van der Waals surface area contributed by atoms with Gasteiger partial charge < -0.3 is 18.5 Å². The highest BCUT2D eigenvalue weighted by Gasteiger charge is 2.51. The normalized spacial score (nSPS) is 14.5. The summed E-state index contributed by atoms with van der Waals surface area (Å²) in [5.74, 6) is 2.45. The van der Waals surface area contributed by atoms with E-state index >= 15 is 0 Å². The molecule has 3 aliphatic heterocycles. The summed E-state index contributed by atoms with van der Waals surface area (Å²) in [6, 6.07) is 36.7. The Morgan fingerprint density at radius 2 is 1.19 bits per heavy atom. The Kier molecular flexibility index (Phi) is 5.29. The second-order valence-electron chi connectivity index (χ2n) is 15.4. The SMILES string of the molecule is CC(C)(C)c1ccc(N2c3ccc4c5c3B(c3oc6ccccc6c32)c2c(oc3ccccc23)N5c2ccc(C(C)(C)C)cc2O4)cc1. The van der Waals surface area contributed by atoms with Crippen molar-refractivity contribution in [2.45, 2.75) is 52.4 Å². The quantitative estimate of drug-likeness (QED) is 0.170. The van der Waals surface area contributed by atoms with Crippen LogP contribution in [-0.2, 0) is 10.8 Å². The van der Waals surface area contributed by atoms with Crippen molar-refractivity contribution in [2.24, 2.45) is 0 Å². The zero-order valence-electron chi connectivity index (χ0n) is 28.0. The first kappa shape index (κ1) is 27.7. The predicted molar refractivity (Wildman–Crippen MR) is 197 cm³/mol. The van der Waals surface area contributed by atoms with Crippen molar-refractivity contribution in [3.63, 3.8) is 0 Å². The van der Waals surface area contributed by atoms with Gasteiger partial charge in [0.25, 0.3) is 0 Å². The van der Waals surface area contributed by atoms with Crippen LogP contribution in [-0.4, -0.2) is 6.71 Å². The third-order valence-electron chi connectivity index (χ3n) is 10.4. The molecular formula is C42H35BN2O3. The van der Waals surface area contributed by atoms with E-state index in [2.05, 4.69) is 142 Å². The van der Waals surface area contributed by atoms with Crippen LogP contribution >= 0.6 is 0 Å². The molecule has 0 atom stereocenters. The third-order valence-corrected chi connectivity index (χ3v) is 10.4. The minimum atomic E-state index is -0.198. The number of nitrogens with zero attached hydrogens (tertiary/aromatic N) is 2. The summed E-state index contributed by atoms with van der Waals surface area (Å²) in [6.07, 6.45) is 0. The van der Waals surface area contributed by atoms with E-state index in [0.717, 1.165) is 84.3 Å². The fourth-order valence-electron chi connectivity index (χ4n) is 7.95. The molecule has 5 heterocycles. The van der Waals surface area contributed by atoms with Crippen molar-refractivity contribution >= 4 is 79.6 Å². The van der Waals surface area contributed by atoms with Gasteiger partial charge in [-0.25, -0.2) is 0 Å². The van der Waals surface area contributed by atoms with Crippen LogP contribution in [0.3, 0.4) is 0 Å². The molecular weight excluding hydrogens is 591 g/mol. The minimum absolute atomic E-state index is 0.0211. The van der Waals surface area contributed by atoms with Crippen molar-refractivity contribution < 1.29 is 13.6 Å².